The predicted molar refractivity (Wildman–Crippen MR) is 62.5 cm³/mol. The highest BCUT2D eigenvalue weighted by Crippen LogP contribution is 2.24. The lowest BCUT2D eigenvalue weighted by Crippen LogP contribution is -2.22. The molecule has 0 aromatic heterocycles. The normalized spacial score (nSPS) is 13.2. The zero-order valence-electron chi connectivity index (χ0n) is 9.67. The Hall–Kier alpha value is -0.820. The molecular formula is C13H21N. The molecule has 1 aromatic carbocycles. The van der Waals surface area contributed by atoms with Gasteiger partial charge in [-0.1, -0.05) is 45.0 Å². The van der Waals surface area contributed by atoms with Crippen LogP contribution >= 0.6 is 0 Å². The van der Waals surface area contributed by atoms with E-state index in [9.17, 15) is 0 Å². The molecule has 0 amide bonds. The summed E-state index contributed by atoms with van der Waals surface area (Å²) in [7, 11) is 2.04. The van der Waals surface area contributed by atoms with Crippen molar-refractivity contribution >= 4 is 0 Å². The molecule has 0 fully saturated rings. The van der Waals surface area contributed by atoms with Crippen LogP contribution in [0, 0.1) is 5.92 Å². The van der Waals surface area contributed by atoms with Crippen molar-refractivity contribution in [2.24, 2.45) is 5.92 Å². The van der Waals surface area contributed by atoms with E-state index >= 15 is 0 Å². The molecule has 1 nitrogen and oxygen atoms in total. The molecule has 0 spiro atoms. The summed E-state index contributed by atoms with van der Waals surface area (Å²) in [6.45, 7) is 6.73. The minimum atomic E-state index is 0.478. The van der Waals surface area contributed by atoms with Crippen LogP contribution in [0.25, 0.3) is 0 Å². The second kappa shape index (κ2) is 5.16. The molecule has 0 aliphatic heterocycles. The SMILES string of the molecule is CCc1ccccc1C(NC)C(C)C. The van der Waals surface area contributed by atoms with Crippen LogP contribution in [0.4, 0.5) is 0 Å². The Balaban J connectivity index is 3.02. The maximum Gasteiger partial charge on any atom is 0.0343 e. The number of nitrogens with one attached hydrogen (secondary N) is 1. The minimum absolute atomic E-state index is 0.478. The first-order valence-corrected chi connectivity index (χ1v) is 5.45. The lowest BCUT2D eigenvalue weighted by Gasteiger charge is -2.23. The van der Waals surface area contributed by atoms with Gasteiger partial charge in [0.15, 0.2) is 0 Å². The van der Waals surface area contributed by atoms with E-state index in [1.807, 2.05) is 7.05 Å². The van der Waals surface area contributed by atoms with Gasteiger partial charge in [-0.2, -0.15) is 0 Å². The maximum atomic E-state index is 3.39. The predicted octanol–water partition coefficient (Wildman–Crippen LogP) is 3.17. The number of aryl methyl sites for hydroxylation is 1. The molecule has 1 aromatic rings. The Morgan fingerprint density at radius 3 is 2.36 bits per heavy atom. The Labute approximate surface area is 87.5 Å². The molecule has 1 heteroatoms. The molecule has 0 aliphatic rings. The fraction of sp³-hybridized carbons (Fsp3) is 0.538. The first kappa shape index (κ1) is 11.3. The summed E-state index contributed by atoms with van der Waals surface area (Å²) in [6.07, 6.45) is 1.11. The summed E-state index contributed by atoms with van der Waals surface area (Å²) in [4.78, 5) is 0. The van der Waals surface area contributed by atoms with Crippen LogP contribution in [-0.2, 0) is 6.42 Å². The summed E-state index contributed by atoms with van der Waals surface area (Å²) in [5.41, 5.74) is 2.91. The second-order valence-electron chi connectivity index (χ2n) is 4.06. The number of benzene rings is 1. The molecule has 0 saturated carbocycles. The van der Waals surface area contributed by atoms with E-state index in [0.29, 0.717) is 12.0 Å². The van der Waals surface area contributed by atoms with Crippen molar-refractivity contribution < 1.29 is 0 Å². The lowest BCUT2D eigenvalue weighted by atomic mass is 9.91. The molecule has 1 atom stereocenters. The third-order valence-electron chi connectivity index (χ3n) is 2.75. The van der Waals surface area contributed by atoms with E-state index in [1.54, 1.807) is 0 Å². The first-order valence-electron chi connectivity index (χ1n) is 5.45. The third kappa shape index (κ3) is 2.36. The Morgan fingerprint density at radius 1 is 1.21 bits per heavy atom. The number of rotatable bonds is 4. The van der Waals surface area contributed by atoms with Crippen molar-refractivity contribution in [3.63, 3.8) is 0 Å². The number of hydrogen-bond acceptors (Lipinski definition) is 1. The van der Waals surface area contributed by atoms with Crippen LogP contribution in [0.1, 0.15) is 37.9 Å². The Morgan fingerprint density at radius 2 is 1.86 bits per heavy atom. The summed E-state index contributed by atoms with van der Waals surface area (Å²) in [6, 6.07) is 9.18. The number of hydrogen-bond donors (Lipinski definition) is 1. The van der Waals surface area contributed by atoms with E-state index in [2.05, 4.69) is 50.4 Å². The Bertz CT molecular complexity index is 278. The van der Waals surface area contributed by atoms with Gasteiger partial charge in [0, 0.05) is 6.04 Å². The van der Waals surface area contributed by atoms with Crippen molar-refractivity contribution in [1.82, 2.24) is 5.32 Å². The van der Waals surface area contributed by atoms with Crippen LogP contribution in [0.2, 0.25) is 0 Å². The maximum absolute atomic E-state index is 3.39. The average molecular weight is 191 g/mol. The van der Waals surface area contributed by atoms with E-state index in [0.717, 1.165) is 6.42 Å². The molecule has 14 heavy (non-hydrogen) atoms. The molecule has 78 valence electrons. The van der Waals surface area contributed by atoms with Crippen LogP contribution in [0.5, 0.6) is 0 Å². The highest BCUT2D eigenvalue weighted by Gasteiger charge is 2.15. The lowest BCUT2D eigenvalue weighted by molar-refractivity contribution is 0.440. The highest BCUT2D eigenvalue weighted by molar-refractivity contribution is 5.30. The summed E-state index contributed by atoms with van der Waals surface area (Å²) in [5, 5.41) is 3.39. The quantitative estimate of drug-likeness (QED) is 0.771. The van der Waals surface area contributed by atoms with Crippen LogP contribution in [0.3, 0.4) is 0 Å². The zero-order chi connectivity index (χ0) is 10.6. The smallest absolute Gasteiger partial charge is 0.0343 e. The van der Waals surface area contributed by atoms with Crippen molar-refractivity contribution in [2.45, 2.75) is 33.2 Å². The molecule has 1 rings (SSSR count). The van der Waals surface area contributed by atoms with Crippen molar-refractivity contribution in [1.29, 1.82) is 0 Å². The molecular weight excluding hydrogens is 170 g/mol. The molecule has 1 N–H and O–H groups in total. The van der Waals surface area contributed by atoms with Crippen molar-refractivity contribution in [3.05, 3.63) is 35.4 Å². The van der Waals surface area contributed by atoms with E-state index in [-0.39, 0.29) is 0 Å². The van der Waals surface area contributed by atoms with Crippen molar-refractivity contribution in [2.75, 3.05) is 7.05 Å². The molecule has 0 saturated heterocycles. The van der Waals surface area contributed by atoms with Gasteiger partial charge in [0.1, 0.15) is 0 Å². The van der Waals surface area contributed by atoms with E-state index in [4.69, 9.17) is 0 Å². The van der Waals surface area contributed by atoms with Gasteiger partial charge in [0.05, 0.1) is 0 Å². The standard InChI is InChI=1S/C13H21N/c1-5-11-8-6-7-9-12(11)13(14-4)10(2)3/h6-10,13-14H,5H2,1-4H3. The minimum Gasteiger partial charge on any atom is -0.313 e. The third-order valence-corrected chi connectivity index (χ3v) is 2.75. The monoisotopic (exact) mass is 191 g/mol. The van der Waals surface area contributed by atoms with E-state index < -0.39 is 0 Å². The molecule has 0 radical (unpaired) electrons. The first-order chi connectivity index (χ1) is 6.70. The largest absolute Gasteiger partial charge is 0.313 e. The van der Waals surface area contributed by atoms with Gasteiger partial charge in [0.25, 0.3) is 0 Å². The summed E-state index contributed by atoms with van der Waals surface area (Å²) >= 11 is 0. The fourth-order valence-corrected chi connectivity index (χ4v) is 2.01. The van der Waals surface area contributed by atoms with Gasteiger partial charge in [-0.05, 0) is 30.5 Å². The van der Waals surface area contributed by atoms with Gasteiger partial charge in [-0.25, -0.2) is 0 Å². The van der Waals surface area contributed by atoms with Gasteiger partial charge in [-0.3, -0.25) is 0 Å². The zero-order valence-corrected chi connectivity index (χ0v) is 9.67. The van der Waals surface area contributed by atoms with Gasteiger partial charge in [-0.15, -0.1) is 0 Å². The molecule has 0 bridgehead atoms. The van der Waals surface area contributed by atoms with Gasteiger partial charge < -0.3 is 5.32 Å². The molecule has 0 aliphatic carbocycles. The van der Waals surface area contributed by atoms with Crippen LogP contribution < -0.4 is 5.32 Å². The second-order valence-corrected chi connectivity index (χ2v) is 4.06. The van der Waals surface area contributed by atoms with Gasteiger partial charge in [0.2, 0.25) is 0 Å². The molecule has 1 unspecified atom stereocenters. The van der Waals surface area contributed by atoms with Crippen LogP contribution in [-0.4, -0.2) is 7.05 Å². The topological polar surface area (TPSA) is 12.0 Å². The summed E-state index contributed by atoms with van der Waals surface area (Å²) < 4.78 is 0. The summed E-state index contributed by atoms with van der Waals surface area (Å²) in [5.74, 6) is 0.632. The molecule has 0 heterocycles. The Kier molecular flexibility index (Phi) is 4.15. The average Bonchev–Trinajstić information content (AvgIpc) is 2.19. The van der Waals surface area contributed by atoms with Crippen LogP contribution in [0.15, 0.2) is 24.3 Å². The van der Waals surface area contributed by atoms with E-state index in [1.165, 1.54) is 11.1 Å². The highest BCUT2D eigenvalue weighted by atomic mass is 14.9. The van der Waals surface area contributed by atoms with Crippen molar-refractivity contribution in [3.8, 4) is 0 Å². The fourth-order valence-electron chi connectivity index (χ4n) is 2.01. The van der Waals surface area contributed by atoms with Gasteiger partial charge >= 0.3 is 0 Å².